The quantitative estimate of drug-likeness (QED) is 0.384. The lowest BCUT2D eigenvalue weighted by Crippen LogP contribution is -2.08. The van der Waals surface area contributed by atoms with Crippen molar-refractivity contribution in [1.82, 2.24) is 0 Å². The number of carbonyl (C=O) groups excluding carboxylic acids is 2. The van der Waals surface area contributed by atoms with Gasteiger partial charge in [-0.2, -0.15) is 0 Å². The largest absolute Gasteiger partial charge is 0.465 e. The molecule has 0 aromatic carbocycles. The van der Waals surface area contributed by atoms with Gasteiger partial charge in [-0.3, -0.25) is 0 Å². The smallest absolute Gasteiger partial charge is 0.346 e. The highest BCUT2D eigenvalue weighted by atomic mass is 32.3. The average molecular weight is 525 g/mol. The molecule has 4 heterocycles. The van der Waals surface area contributed by atoms with E-state index >= 15 is 0 Å². The number of methoxy groups -OCH3 is 2. The van der Waals surface area contributed by atoms with Crippen LogP contribution in [0.1, 0.15) is 0 Å². The summed E-state index contributed by atoms with van der Waals surface area (Å²) < 4.78 is 16.0. The maximum Gasteiger partial charge on any atom is 0.346 e. The molecule has 0 aromatic rings. The van der Waals surface area contributed by atoms with Crippen molar-refractivity contribution >= 4 is 106 Å². The van der Waals surface area contributed by atoms with Crippen LogP contribution in [-0.4, -0.2) is 37.7 Å². The number of allylic oxidation sites excluding steroid dienone is 1. The molecule has 0 saturated carbocycles. The molecule has 0 aromatic heterocycles. The van der Waals surface area contributed by atoms with Crippen LogP contribution in [0.2, 0.25) is 0 Å². The lowest BCUT2D eigenvalue weighted by molar-refractivity contribution is -0.138. The molecule has 0 aliphatic carbocycles. The van der Waals surface area contributed by atoms with Gasteiger partial charge in [-0.05, 0) is 11.5 Å². The third-order valence-corrected chi connectivity index (χ3v) is 14.4. The summed E-state index contributed by atoms with van der Waals surface area (Å²) in [6.07, 6.45) is 2.01. The highest BCUT2D eigenvalue weighted by molar-refractivity contribution is 8.43. The number of hydrogen-bond donors (Lipinski definition) is 0. The van der Waals surface area contributed by atoms with Gasteiger partial charge < -0.3 is 9.47 Å². The predicted molar refractivity (Wildman–Crippen MR) is 132 cm³/mol. The van der Waals surface area contributed by atoms with Crippen molar-refractivity contribution in [2.75, 3.05) is 25.7 Å². The summed E-state index contributed by atoms with van der Waals surface area (Å²) in [7, 11) is 2.62. The zero-order valence-electron chi connectivity index (χ0n) is 14.5. The first-order valence-electron chi connectivity index (χ1n) is 7.72. The van der Waals surface area contributed by atoms with Crippen LogP contribution in [0.15, 0.2) is 47.4 Å². The van der Waals surface area contributed by atoms with Crippen molar-refractivity contribution < 1.29 is 19.1 Å². The van der Waals surface area contributed by atoms with E-state index < -0.39 is 11.9 Å². The molecule has 0 amide bonds. The second-order valence-electron chi connectivity index (χ2n) is 5.10. The number of esters is 2. The predicted octanol–water partition coefficient (Wildman–Crippen LogP) is 6.40. The Kier molecular flexibility index (Phi) is 7.52. The third kappa shape index (κ3) is 4.68. The summed E-state index contributed by atoms with van der Waals surface area (Å²) in [5.74, 6) is 1.33. The Balaban J connectivity index is 1.45. The summed E-state index contributed by atoms with van der Waals surface area (Å²) >= 11 is 13.6. The minimum atomic E-state index is -0.517. The van der Waals surface area contributed by atoms with E-state index in [0.29, 0.717) is 0 Å². The van der Waals surface area contributed by atoms with Crippen LogP contribution in [-0.2, 0) is 19.1 Å². The molecular formula is C16H12O4S8. The van der Waals surface area contributed by atoms with Crippen LogP contribution in [0.4, 0.5) is 0 Å². The van der Waals surface area contributed by atoms with Gasteiger partial charge in [0.05, 0.1) is 35.4 Å². The molecule has 148 valence electrons. The van der Waals surface area contributed by atoms with Crippen molar-refractivity contribution in [3.8, 4) is 0 Å². The minimum absolute atomic E-state index is 0.285. The van der Waals surface area contributed by atoms with Crippen molar-refractivity contribution in [3.63, 3.8) is 0 Å². The van der Waals surface area contributed by atoms with Crippen LogP contribution < -0.4 is 0 Å². The Morgan fingerprint density at radius 2 is 1.39 bits per heavy atom. The Morgan fingerprint density at radius 3 is 1.93 bits per heavy atom. The molecule has 4 nitrogen and oxygen atoms in total. The van der Waals surface area contributed by atoms with Gasteiger partial charge in [0, 0.05) is 16.4 Å². The van der Waals surface area contributed by atoms with E-state index in [1.807, 2.05) is 53.1 Å². The Bertz CT molecular complexity index is 848. The first kappa shape index (κ1) is 21.7. The summed E-state index contributed by atoms with van der Waals surface area (Å²) in [5.41, 5.74) is 0. The molecule has 0 fully saturated rings. The molecule has 0 atom stereocenters. The lowest BCUT2D eigenvalue weighted by Gasteiger charge is -2.08. The standard InChI is InChI=1S/C16H12O4S8/c1-19-11(17)9-10(12(18)20-2)26-8(25-9)5-7-6-23-15(24-7)16-27-13-14(28-16)22-4-3-21-13/h5-6H,3-4H2,1-2H3. The lowest BCUT2D eigenvalue weighted by atomic mass is 10.5. The second kappa shape index (κ2) is 9.71. The summed E-state index contributed by atoms with van der Waals surface area (Å²) in [4.78, 5) is 25.6. The van der Waals surface area contributed by atoms with Crippen molar-refractivity contribution in [2.24, 2.45) is 0 Å². The van der Waals surface area contributed by atoms with E-state index in [1.165, 1.54) is 66.2 Å². The first-order chi connectivity index (χ1) is 13.6. The maximum atomic E-state index is 12.0. The van der Waals surface area contributed by atoms with Crippen LogP contribution in [0.3, 0.4) is 0 Å². The molecule has 4 aliphatic rings. The van der Waals surface area contributed by atoms with Crippen LogP contribution in [0, 0.1) is 0 Å². The van der Waals surface area contributed by atoms with Crippen LogP contribution >= 0.6 is 94.1 Å². The number of rotatable bonds is 3. The Hall–Kier alpha value is 0.440. The van der Waals surface area contributed by atoms with Gasteiger partial charge >= 0.3 is 11.9 Å². The summed E-state index contributed by atoms with van der Waals surface area (Å²) in [6, 6.07) is 0. The molecule has 4 aliphatic heterocycles. The van der Waals surface area contributed by atoms with Gasteiger partial charge in [0.1, 0.15) is 9.81 Å². The highest BCUT2D eigenvalue weighted by Gasteiger charge is 2.33. The molecule has 0 saturated heterocycles. The number of carbonyl (C=O) groups is 2. The summed E-state index contributed by atoms with van der Waals surface area (Å²) in [5, 5.41) is 2.12. The molecule has 0 radical (unpaired) electrons. The third-order valence-electron chi connectivity index (χ3n) is 3.36. The van der Waals surface area contributed by atoms with E-state index in [2.05, 4.69) is 5.41 Å². The number of ether oxygens (including phenoxy) is 2. The molecule has 12 heteroatoms. The van der Waals surface area contributed by atoms with E-state index in [9.17, 15) is 9.59 Å². The molecule has 0 unspecified atom stereocenters. The fourth-order valence-electron chi connectivity index (χ4n) is 2.17. The molecule has 28 heavy (non-hydrogen) atoms. The SMILES string of the molecule is COC(=O)C1=C(C(=O)OC)SC(=CC2=CSC(=C3SC4=C(SCCS4)S3)S2)S1. The van der Waals surface area contributed by atoms with Gasteiger partial charge in [-0.25, -0.2) is 9.59 Å². The average Bonchev–Trinajstić information content (AvgIpc) is 3.44. The van der Waals surface area contributed by atoms with Crippen LogP contribution in [0.25, 0.3) is 0 Å². The van der Waals surface area contributed by atoms with Gasteiger partial charge in [-0.1, -0.05) is 70.6 Å². The molecule has 0 bridgehead atoms. The van der Waals surface area contributed by atoms with Crippen LogP contribution in [0.5, 0.6) is 0 Å². The van der Waals surface area contributed by atoms with E-state index in [1.54, 1.807) is 23.5 Å². The Morgan fingerprint density at radius 1 is 0.821 bits per heavy atom. The zero-order valence-corrected chi connectivity index (χ0v) is 21.0. The monoisotopic (exact) mass is 524 g/mol. The topological polar surface area (TPSA) is 52.6 Å². The molecule has 0 N–H and O–H groups in total. The number of thioether (sulfide) groups is 8. The van der Waals surface area contributed by atoms with Gasteiger partial charge in [0.2, 0.25) is 0 Å². The number of hydrogen-bond acceptors (Lipinski definition) is 12. The molecule has 4 rings (SSSR count). The van der Waals surface area contributed by atoms with Gasteiger partial charge in [-0.15, -0.1) is 23.5 Å². The van der Waals surface area contributed by atoms with Gasteiger partial charge in [0.25, 0.3) is 0 Å². The van der Waals surface area contributed by atoms with Gasteiger partial charge in [0.15, 0.2) is 0 Å². The summed E-state index contributed by atoms with van der Waals surface area (Å²) in [6.45, 7) is 0. The maximum absolute atomic E-state index is 12.0. The van der Waals surface area contributed by atoms with Crippen molar-refractivity contribution in [1.29, 1.82) is 0 Å². The highest BCUT2D eigenvalue weighted by Crippen LogP contribution is 2.64. The Labute approximate surface area is 196 Å². The fraction of sp³-hybridized carbons (Fsp3) is 0.250. The first-order valence-corrected chi connectivity index (χ1v) is 14.6. The zero-order chi connectivity index (χ0) is 19.7. The van der Waals surface area contributed by atoms with E-state index in [0.717, 1.165) is 9.14 Å². The van der Waals surface area contributed by atoms with E-state index in [-0.39, 0.29) is 9.81 Å². The molecule has 0 spiro atoms. The normalized spacial score (nSPS) is 21.9. The van der Waals surface area contributed by atoms with Crippen molar-refractivity contribution in [3.05, 3.63) is 47.4 Å². The second-order valence-corrected chi connectivity index (χ2v) is 14.7. The van der Waals surface area contributed by atoms with Crippen molar-refractivity contribution in [2.45, 2.75) is 0 Å². The minimum Gasteiger partial charge on any atom is -0.465 e. The molecular weight excluding hydrogens is 513 g/mol. The van der Waals surface area contributed by atoms with E-state index in [4.69, 9.17) is 9.47 Å². The fourth-order valence-corrected chi connectivity index (χ4v) is 13.2.